The molecule has 0 bridgehead atoms. The van der Waals surface area contributed by atoms with Crippen molar-refractivity contribution in [1.82, 2.24) is 0 Å². The summed E-state index contributed by atoms with van der Waals surface area (Å²) in [5, 5.41) is 2.87. The largest absolute Gasteiger partial charge is 0.322 e. The molecule has 27 heavy (non-hydrogen) atoms. The Hall–Kier alpha value is -3.20. The Morgan fingerprint density at radius 2 is 1.19 bits per heavy atom. The minimum atomic E-state index is -0.169. The first kappa shape index (κ1) is 18.6. The molecule has 3 rings (SSSR count). The van der Waals surface area contributed by atoms with Gasteiger partial charge in [-0.1, -0.05) is 63.2 Å². The van der Waals surface area contributed by atoms with Crippen LogP contribution in [0.1, 0.15) is 52.6 Å². The van der Waals surface area contributed by atoms with Gasteiger partial charge < -0.3 is 5.32 Å². The second-order valence-corrected chi connectivity index (χ2v) is 7.55. The minimum absolute atomic E-state index is 0.0359. The third-order valence-electron chi connectivity index (χ3n) is 4.45. The number of carbonyl (C=O) groups is 2. The summed E-state index contributed by atoms with van der Waals surface area (Å²) in [5.41, 5.74) is 3.73. The van der Waals surface area contributed by atoms with Crippen LogP contribution in [0.4, 0.5) is 5.69 Å². The van der Waals surface area contributed by atoms with Crippen molar-refractivity contribution in [3.8, 4) is 0 Å². The van der Waals surface area contributed by atoms with Crippen molar-refractivity contribution >= 4 is 17.4 Å². The molecule has 0 aromatic heterocycles. The summed E-state index contributed by atoms with van der Waals surface area (Å²) < 4.78 is 0. The number of ketones is 1. The van der Waals surface area contributed by atoms with Crippen LogP contribution in [0, 0.1) is 0 Å². The van der Waals surface area contributed by atoms with E-state index in [1.807, 2.05) is 42.5 Å². The van der Waals surface area contributed by atoms with E-state index < -0.39 is 0 Å². The van der Waals surface area contributed by atoms with E-state index in [2.05, 4.69) is 26.1 Å². The van der Waals surface area contributed by atoms with Crippen LogP contribution in [0.5, 0.6) is 0 Å². The zero-order valence-electron chi connectivity index (χ0n) is 15.8. The molecular formula is C24H23NO2. The molecule has 3 heteroatoms. The van der Waals surface area contributed by atoms with Gasteiger partial charge in [0, 0.05) is 22.4 Å². The molecule has 0 saturated heterocycles. The fraction of sp³-hybridized carbons (Fsp3) is 0.167. The summed E-state index contributed by atoms with van der Waals surface area (Å²) in [6.45, 7) is 6.42. The summed E-state index contributed by atoms with van der Waals surface area (Å²) >= 11 is 0. The van der Waals surface area contributed by atoms with Crippen LogP contribution in [-0.2, 0) is 5.41 Å². The highest BCUT2D eigenvalue weighted by Crippen LogP contribution is 2.22. The molecule has 0 saturated carbocycles. The first-order valence-electron chi connectivity index (χ1n) is 8.96. The summed E-state index contributed by atoms with van der Waals surface area (Å²) in [7, 11) is 0. The van der Waals surface area contributed by atoms with E-state index >= 15 is 0 Å². The van der Waals surface area contributed by atoms with Gasteiger partial charge in [0.15, 0.2) is 5.78 Å². The van der Waals surface area contributed by atoms with Crippen LogP contribution in [0.15, 0.2) is 78.9 Å². The molecule has 3 nitrogen and oxygen atoms in total. The van der Waals surface area contributed by atoms with E-state index in [-0.39, 0.29) is 17.1 Å². The number of benzene rings is 3. The molecule has 0 aliphatic carbocycles. The SMILES string of the molecule is CC(C)(C)c1ccc(C(=O)Nc2ccc(C(=O)c3ccccc3)cc2)cc1. The van der Waals surface area contributed by atoms with Gasteiger partial charge in [0.2, 0.25) is 0 Å². The standard InChI is InChI=1S/C24H23NO2/c1-24(2,3)20-13-9-19(10-14-20)23(27)25-21-15-11-18(12-16-21)22(26)17-7-5-4-6-8-17/h4-16H,1-3H3,(H,25,27). The third-order valence-corrected chi connectivity index (χ3v) is 4.45. The number of amides is 1. The molecule has 3 aromatic carbocycles. The summed E-state index contributed by atoms with van der Waals surface area (Å²) in [5.74, 6) is -0.205. The molecule has 0 fully saturated rings. The Balaban J connectivity index is 1.69. The highest BCUT2D eigenvalue weighted by molar-refractivity contribution is 6.09. The maximum Gasteiger partial charge on any atom is 0.255 e. The van der Waals surface area contributed by atoms with Gasteiger partial charge in [0.05, 0.1) is 0 Å². The lowest BCUT2D eigenvalue weighted by Crippen LogP contribution is -2.14. The van der Waals surface area contributed by atoms with Gasteiger partial charge in [0.25, 0.3) is 5.91 Å². The van der Waals surface area contributed by atoms with Gasteiger partial charge in [-0.05, 0) is 47.4 Å². The molecule has 0 unspecified atom stereocenters. The van der Waals surface area contributed by atoms with Crippen LogP contribution in [0.25, 0.3) is 0 Å². The summed E-state index contributed by atoms with van der Waals surface area (Å²) in [4.78, 5) is 24.9. The van der Waals surface area contributed by atoms with Gasteiger partial charge in [-0.3, -0.25) is 9.59 Å². The Morgan fingerprint density at radius 3 is 1.74 bits per heavy atom. The van der Waals surface area contributed by atoms with Crippen LogP contribution >= 0.6 is 0 Å². The molecular weight excluding hydrogens is 334 g/mol. The predicted molar refractivity (Wildman–Crippen MR) is 109 cm³/mol. The normalized spacial score (nSPS) is 11.1. The molecule has 0 aliphatic heterocycles. The zero-order valence-corrected chi connectivity index (χ0v) is 15.8. The summed E-state index contributed by atoms with van der Waals surface area (Å²) in [6.07, 6.45) is 0. The molecule has 0 spiro atoms. The Kier molecular flexibility index (Phi) is 5.22. The quantitative estimate of drug-likeness (QED) is 0.630. The zero-order chi connectivity index (χ0) is 19.4. The molecule has 0 atom stereocenters. The lowest BCUT2D eigenvalue weighted by Gasteiger charge is -2.19. The lowest BCUT2D eigenvalue weighted by molar-refractivity contribution is 0.102. The van der Waals surface area contributed by atoms with Crippen LogP contribution in [0.2, 0.25) is 0 Å². The second-order valence-electron chi connectivity index (χ2n) is 7.55. The van der Waals surface area contributed by atoms with Crippen molar-refractivity contribution in [1.29, 1.82) is 0 Å². The van der Waals surface area contributed by atoms with Gasteiger partial charge in [-0.25, -0.2) is 0 Å². The van der Waals surface area contributed by atoms with Crippen LogP contribution < -0.4 is 5.32 Å². The number of anilines is 1. The van der Waals surface area contributed by atoms with E-state index in [1.165, 1.54) is 5.56 Å². The van der Waals surface area contributed by atoms with Crippen molar-refractivity contribution in [3.63, 3.8) is 0 Å². The van der Waals surface area contributed by atoms with Crippen molar-refractivity contribution in [2.75, 3.05) is 5.32 Å². The maximum absolute atomic E-state index is 12.4. The van der Waals surface area contributed by atoms with Crippen molar-refractivity contribution in [2.45, 2.75) is 26.2 Å². The average molecular weight is 357 g/mol. The van der Waals surface area contributed by atoms with Crippen molar-refractivity contribution < 1.29 is 9.59 Å². The Morgan fingerprint density at radius 1 is 0.667 bits per heavy atom. The van der Waals surface area contributed by atoms with E-state index in [0.717, 1.165) is 0 Å². The fourth-order valence-electron chi connectivity index (χ4n) is 2.79. The molecule has 0 heterocycles. The van der Waals surface area contributed by atoms with Gasteiger partial charge in [0.1, 0.15) is 0 Å². The number of hydrogen-bond donors (Lipinski definition) is 1. The monoisotopic (exact) mass is 357 g/mol. The third kappa shape index (κ3) is 4.50. The van der Waals surface area contributed by atoms with Gasteiger partial charge in [-0.2, -0.15) is 0 Å². The molecule has 0 aliphatic rings. The van der Waals surface area contributed by atoms with E-state index in [4.69, 9.17) is 0 Å². The smallest absolute Gasteiger partial charge is 0.255 e. The topological polar surface area (TPSA) is 46.2 Å². The molecule has 1 N–H and O–H groups in total. The minimum Gasteiger partial charge on any atom is -0.322 e. The molecule has 136 valence electrons. The highest BCUT2D eigenvalue weighted by Gasteiger charge is 2.14. The molecule has 1 amide bonds. The van der Waals surface area contributed by atoms with E-state index in [0.29, 0.717) is 22.4 Å². The Bertz CT molecular complexity index is 934. The first-order valence-corrected chi connectivity index (χ1v) is 8.96. The second kappa shape index (κ2) is 7.58. The number of nitrogens with one attached hydrogen (secondary N) is 1. The first-order chi connectivity index (χ1) is 12.8. The average Bonchev–Trinajstić information content (AvgIpc) is 2.68. The fourth-order valence-corrected chi connectivity index (χ4v) is 2.79. The maximum atomic E-state index is 12.4. The number of rotatable bonds is 4. The lowest BCUT2D eigenvalue weighted by atomic mass is 9.87. The number of carbonyl (C=O) groups excluding carboxylic acids is 2. The van der Waals surface area contributed by atoms with Gasteiger partial charge >= 0.3 is 0 Å². The summed E-state index contributed by atoms with van der Waals surface area (Å²) in [6, 6.07) is 23.7. The van der Waals surface area contributed by atoms with Crippen LogP contribution in [0.3, 0.4) is 0 Å². The van der Waals surface area contributed by atoms with E-state index in [9.17, 15) is 9.59 Å². The van der Waals surface area contributed by atoms with Crippen LogP contribution in [-0.4, -0.2) is 11.7 Å². The van der Waals surface area contributed by atoms with Crippen molar-refractivity contribution in [3.05, 3.63) is 101 Å². The molecule has 3 aromatic rings. The molecule has 0 radical (unpaired) electrons. The predicted octanol–water partition coefficient (Wildman–Crippen LogP) is 5.47. The number of hydrogen-bond acceptors (Lipinski definition) is 2. The van der Waals surface area contributed by atoms with Crippen molar-refractivity contribution in [2.24, 2.45) is 0 Å². The van der Waals surface area contributed by atoms with E-state index in [1.54, 1.807) is 36.4 Å². The highest BCUT2D eigenvalue weighted by atomic mass is 16.1. The Labute approximate surface area is 160 Å². The van der Waals surface area contributed by atoms with Gasteiger partial charge in [-0.15, -0.1) is 0 Å².